The van der Waals surface area contributed by atoms with Crippen LogP contribution in [0.1, 0.15) is 43.6 Å². The monoisotopic (exact) mass is 452 g/mol. The summed E-state index contributed by atoms with van der Waals surface area (Å²) in [7, 11) is 2.17. The largest absolute Gasteiger partial charge is 0.354 e. The highest BCUT2D eigenvalue weighted by molar-refractivity contribution is 5.81. The van der Waals surface area contributed by atoms with Gasteiger partial charge in [0.15, 0.2) is 5.82 Å². The van der Waals surface area contributed by atoms with Crippen molar-refractivity contribution in [1.82, 2.24) is 30.0 Å². The van der Waals surface area contributed by atoms with E-state index in [1.165, 1.54) is 0 Å². The Morgan fingerprint density at radius 3 is 2.58 bits per heavy atom. The maximum Gasteiger partial charge on any atom is 0.225 e. The number of amides is 1. The Hall–Kier alpha value is -2.68. The van der Waals surface area contributed by atoms with Crippen LogP contribution in [0.5, 0.6) is 0 Å². The van der Waals surface area contributed by atoms with E-state index in [4.69, 9.17) is 9.97 Å². The van der Waals surface area contributed by atoms with Crippen LogP contribution in [0.15, 0.2) is 12.1 Å². The summed E-state index contributed by atoms with van der Waals surface area (Å²) < 4.78 is 0. The second-order valence-electron chi connectivity index (χ2n) is 9.98. The Kier molecular flexibility index (Phi) is 6.48. The number of aryl methyl sites for hydroxylation is 1. The van der Waals surface area contributed by atoms with Gasteiger partial charge in [-0.3, -0.25) is 9.89 Å². The Balaban J connectivity index is 1.31. The van der Waals surface area contributed by atoms with E-state index in [0.29, 0.717) is 17.7 Å². The van der Waals surface area contributed by atoms with Crippen LogP contribution in [0.2, 0.25) is 0 Å². The normalized spacial score (nSPS) is 22.3. The van der Waals surface area contributed by atoms with E-state index < -0.39 is 0 Å². The number of likely N-dealkylation sites (tertiary alicyclic amines) is 1. The van der Waals surface area contributed by atoms with E-state index in [2.05, 4.69) is 37.3 Å². The SMILES string of the molecule is Cc1cc(Nc2cc(N3CCN(C)CC3)nc(CC3CCCN(C(=O)C4CC4)CC3)n2)n[nH]1. The first-order chi connectivity index (χ1) is 16.0. The Bertz CT molecular complexity index is 963. The molecule has 0 bridgehead atoms. The van der Waals surface area contributed by atoms with Crippen LogP contribution in [0.25, 0.3) is 0 Å². The summed E-state index contributed by atoms with van der Waals surface area (Å²) in [5, 5.41) is 10.7. The molecule has 5 rings (SSSR count). The summed E-state index contributed by atoms with van der Waals surface area (Å²) in [6.07, 6.45) is 6.23. The molecular weight excluding hydrogens is 416 g/mol. The molecule has 1 aliphatic carbocycles. The lowest BCUT2D eigenvalue weighted by Gasteiger charge is -2.33. The van der Waals surface area contributed by atoms with Gasteiger partial charge in [0.25, 0.3) is 0 Å². The van der Waals surface area contributed by atoms with E-state index in [0.717, 1.165) is 107 Å². The summed E-state index contributed by atoms with van der Waals surface area (Å²) in [5.41, 5.74) is 1.01. The standard InChI is InChI=1S/C24H36N8O/c1-17-14-22(29-28-17)26-21-16-23(31-12-10-30(2)11-13-31)27-20(25-21)15-18-4-3-8-32(9-7-18)24(33)19-5-6-19/h14,16,18-19H,3-13,15H2,1-2H3,(H2,25,26,27,28,29). The summed E-state index contributed by atoms with van der Waals surface area (Å²) in [4.78, 5) is 29.2. The zero-order chi connectivity index (χ0) is 22.8. The Labute approximate surface area is 196 Å². The lowest BCUT2D eigenvalue weighted by atomic mass is 9.96. The molecule has 0 aromatic carbocycles. The first kappa shape index (κ1) is 22.1. The van der Waals surface area contributed by atoms with Gasteiger partial charge in [-0.05, 0) is 52.0 Å². The van der Waals surface area contributed by atoms with Crippen LogP contribution in [0, 0.1) is 18.8 Å². The molecule has 1 saturated carbocycles. The second kappa shape index (κ2) is 9.67. The van der Waals surface area contributed by atoms with Crippen LogP contribution < -0.4 is 10.2 Å². The first-order valence-electron chi connectivity index (χ1n) is 12.4. The van der Waals surface area contributed by atoms with Crippen LogP contribution >= 0.6 is 0 Å². The molecule has 2 saturated heterocycles. The topological polar surface area (TPSA) is 93.3 Å². The molecule has 1 unspecified atom stereocenters. The van der Waals surface area contributed by atoms with Crippen molar-refractivity contribution in [3.63, 3.8) is 0 Å². The Morgan fingerprint density at radius 2 is 1.85 bits per heavy atom. The van der Waals surface area contributed by atoms with Crippen molar-refractivity contribution in [3.8, 4) is 0 Å². The number of nitrogens with one attached hydrogen (secondary N) is 2. The van der Waals surface area contributed by atoms with Crippen molar-refractivity contribution in [2.75, 3.05) is 56.5 Å². The lowest BCUT2D eigenvalue weighted by molar-refractivity contribution is -0.132. The highest BCUT2D eigenvalue weighted by Crippen LogP contribution is 2.32. The number of piperazine rings is 1. The minimum atomic E-state index is 0.310. The maximum absolute atomic E-state index is 12.5. The Morgan fingerprint density at radius 1 is 1.03 bits per heavy atom. The van der Waals surface area contributed by atoms with Gasteiger partial charge in [-0.2, -0.15) is 5.10 Å². The molecule has 2 aliphatic heterocycles. The van der Waals surface area contributed by atoms with Gasteiger partial charge >= 0.3 is 0 Å². The van der Waals surface area contributed by atoms with Crippen molar-refractivity contribution < 1.29 is 4.79 Å². The summed E-state index contributed by atoms with van der Waals surface area (Å²) in [6.45, 7) is 7.77. The van der Waals surface area contributed by atoms with Crippen LogP contribution in [-0.2, 0) is 11.2 Å². The van der Waals surface area contributed by atoms with Gasteiger partial charge in [0.2, 0.25) is 5.91 Å². The fourth-order valence-electron chi connectivity index (χ4n) is 4.89. The predicted molar refractivity (Wildman–Crippen MR) is 129 cm³/mol. The minimum absolute atomic E-state index is 0.310. The molecule has 2 N–H and O–H groups in total. The van der Waals surface area contributed by atoms with Crippen LogP contribution in [0.3, 0.4) is 0 Å². The molecule has 9 nitrogen and oxygen atoms in total. The summed E-state index contributed by atoms with van der Waals surface area (Å²) >= 11 is 0. The van der Waals surface area contributed by atoms with Gasteiger partial charge in [0, 0.05) is 69.4 Å². The first-order valence-corrected chi connectivity index (χ1v) is 12.4. The molecule has 4 heterocycles. The van der Waals surface area contributed by atoms with Gasteiger partial charge in [-0.15, -0.1) is 0 Å². The molecule has 178 valence electrons. The third kappa shape index (κ3) is 5.63. The van der Waals surface area contributed by atoms with E-state index in [-0.39, 0.29) is 0 Å². The van der Waals surface area contributed by atoms with Crippen LogP contribution in [-0.4, -0.2) is 82.2 Å². The fourth-order valence-corrected chi connectivity index (χ4v) is 4.89. The van der Waals surface area contributed by atoms with E-state index in [9.17, 15) is 4.79 Å². The average Bonchev–Trinajstić information content (AvgIpc) is 3.60. The highest BCUT2D eigenvalue weighted by atomic mass is 16.2. The molecule has 3 aliphatic rings. The number of carbonyl (C=O) groups excluding carboxylic acids is 1. The number of rotatable bonds is 6. The third-order valence-electron chi connectivity index (χ3n) is 7.11. The molecule has 0 radical (unpaired) electrons. The lowest BCUT2D eigenvalue weighted by Crippen LogP contribution is -2.45. The van der Waals surface area contributed by atoms with Crippen molar-refractivity contribution >= 4 is 23.4 Å². The number of aromatic amines is 1. The molecule has 1 atom stereocenters. The third-order valence-corrected chi connectivity index (χ3v) is 7.11. The molecule has 1 amide bonds. The second-order valence-corrected chi connectivity index (χ2v) is 9.98. The van der Waals surface area contributed by atoms with Crippen molar-refractivity contribution in [1.29, 1.82) is 0 Å². The van der Waals surface area contributed by atoms with E-state index in [1.807, 2.05) is 19.1 Å². The number of anilines is 3. The molecule has 2 aromatic rings. The minimum Gasteiger partial charge on any atom is -0.354 e. The van der Waals surface area contributed by atoms with Crippen LogP contribution in [0.4, 0.5) is 17.5 Å². The summed E-state index contributed by atoms with van der Waals surface area (Å²) in [6, 6.07) is 4.02. The number of nitrogens with zero attached hydrogens (tertiary/aromatic N) is 6. The molecule has 3 fully saturated rings. The van der Waals surface area contributed by atoms with E-state index >= 15 is 0 Å². The number of likely N-dealkylation sites (N-methyl/N-ethyl adjacent to an activating group) is 1. The van der Waals surface area contributed by atoms with Gasteiger partial charge in [-0.25, -0.2) is 9.97 Å². The van der Waals surface area contributed by atoms with Gasteiger partial charge in [-0.1, -0.05) is 0 Å². The molecule has 9 heteroatoms. The quantitative estimate of drug-likeness (QED) is 0.696. The predicted octanol–water partition coefficient (Wildman–Crippen LogP) is 2.58. The van der Waals surface area contributed by atoms with Crippen molar-refractivity contribution in [3.05, 3.63) is 23.7 Å². The molecule has 2 aromatic heterocycles. The summed E-state index contributed by atoms with van der Waals surface area (Å²) in [5.74, 6) is 4.62. The number of aromatic nitrogens is 4. The molecular formula is C24H36N8O. The van der Waals surface area contributed by atoms with E-state index in [1.54, 1.807) is 0 Å². The van der Waals surface area contributed by atoms with Gasteiger partial charge in [0.05, 0.1) is 0 Å². The molecule has 0 spiro atoms. The number of hydrogen-bond acceptors (Lipinski definition) is 7. The zero-order valence-corrected chi connectivity index (χ0v) is 19.9. The fraction of sp³-hybridized carbons (Fsp3) is 0.667. The molecule has 33 heavy (non-hydrogen) atoms. The number of carbonyl (C=O) groups is 1. The number of hydrogen-bond donors (Lipinski definition) is 2. The zero-order valence-electron chi connectivity index (χ0n) is 19.9. The van der Waals surface area contributed by atoms with Gasteiger partial charge < -0.3 is 20.0 Å². The maximum atomic E-state index is 12.5. The van der Waals surface area contributed by atoms with Crippen molar-refractivity contribution in [2.45, 2.75) is 45.4 Å². The van der Waals surface area contributed by atoms with Gasteiger partial charge in [0.1, 0.15) is 17.5 Å². The average molecular weight is 453 g/mol. The highest BCUT2D eigenvalue weighted by Gasteiger charge is 2.34. The number of H-pyrrole nitrogens is 1. The smallest absolute Gasteiger partial charge is 0.225 e. The van der Waals surface area contributed by atoms with Crippen molar-refractivity contribution in [2.24, 2.45) is 11.8 Å².